The molecular weight excluding hydrogens is 372 g/mol. The van der Waals surface area contributed by atoms with Crippen molar-refractivity contribution < 1.29 is 14.3 Å². The molecule has 0 fully saturated rings. The van der Waals surface area contributed by atoms with Crippen LogP contribution in [0.25, 0.3) is 22.0 Å². The molecule has 1 heterocycles. The average Bonchev–Trinajstić information content (AvgIpc) is 3.21. The lowest BCUT2D eigenvalue weighted by Crippen LogP contribution is -2.13. The Bertz CT molecular complexity index is 1180. The maximum Gasteiger partial charge on any atom is 0.337 e. The van der Waals surface area contributed by atoms with E-state index in [1.54, 1.807) is 18.2 Å². The Labute approximate surface area is 165 Å². The maximum atomic E-state index is 12.5. The molecule has 0 saturated heterocycles. The Hall–Kier alpha value is -3.51. The van der Waals surface area contributed by atoms with Crippen LogP contribution in [0.3, 0.4) is 0 Å². The fraction of sp³-hybridized carbons (Fsp3) is 0.0455. The zero-order chi connectivity index (χ0) is 19.5. The smallest absolute Gasteiger partial charge is 0.337 e. The highest BCUT2D eigenvalue weighted by molar-refractivity contribution is 7.14. The second kappa shape index (κ2) is 7.62. The van der Waals surface area contributed by atoms with Crippen molar-refractivity contribution in [3.05, 3.63) is 83.2 Å². The minimum Gasteiger partial charge on any atom is -0.465 e. The number of ether oxygens (including phenoxy) is 1. The summed E-state index contributed by atoms with van der Waals surface area (Å²) in [5.41, 5.74) is 2.48. The van der Waals surface area contributed by atoms with Gasteiger partial charge in [-0.2, -0.15) is 0 Å². The van der Waals surface area contributed by atoms with Gasteiger partial charge >= 0.3 is 5.97 Å². The number of hydrogen-bond acceptors (Lipinski definition) is 5. The van der Waals surface area contributed by atoms with E-state index in [0.717, 1.165) is 16.6 Å². The molecule has 6 heteroatoms. The van der Waals surface area contributed by atoms with E-state index in [0.29, 0.717) is 16.3 Å². The quantitative estimate of drug-likeness (QED) is 0.500. The van der Waals surface area contributed by atoms with Gasteiger partial charge in [-0.25, -0.2) is 9.78 Å². The predicted molar refractivity (Wildman–Crippen MR) is 111 cm³/mol. The first-order chi connectivity index (χ1) is 13.6. The number of anilines is 1. The standard InChI is InChI=1S/C22H16N2O3S/c1-27-21(26)18-8-4-7-17(12-18)20(25)24-22-23-19(13-28-22)16-10-9-14-5-2-3-6-15(14)11-16/h2-13H,1H3,(H,23,24,25). The number of fused-ring (bicyclic) bond motifs is 1. The first-order valence-corrected chi connectivity index (χ1v) is 9.46. The first-order valence-electron chi connectivity index (χ1n) is 8.58. The van der Waals surface area contributed by atoms with Crippen LogP contribution < -0.4 is 5.32 Å². The summed E-state index contributed by atoms with van der Waals surface area (Å²) in [6.45, 7) is 0. The summed E-state index contributed by atoms with van der Waals surface area (Å²) in [5.74, 6) is -0.812. The van der Waals surface area contributed by atoms with E-state index in [1.165, 1.54) is 29.9 Å². The monoisotopic (exact) mass is 388 g/mol. The van der Waals surface area contributed by atoms with Crippen LogP contribution in [-0.2, 0) is 4.74 Å². The molecule has 0 aliphatic carbocycles. The van der Waals surface area contributed by atoms with Crippen LogP contribution in [0, 0.1) is 0 Å². The number of methoxy groups -OCH3 is 1. The number of carbonyl (C=O) groups is 2. The number of carbonyl (C=O) groups excluding carboxylic acids is 2. The number of nitrogens with one attached hydrogen (secondary N) is 1. The van der Waals surface area contributed by atoms with Gasteiger partial charge in [-0.3, -0.25) is 10.1 Å². The van der Waals surface area contributed by atoms with E-state index in [-0.39, 0.29) is 5.91 Å². The number of esters is 1. The van der Waals surface area contributed by atoms with E-state index in [2.05, 4.69) is 34.6 Å². The fourth-order valence-electron chi connectivity index (χ4n) is 2.89. The van der Waals surface area contributed by atoms with Crippen LogP contribution in [0.1, 0.15) is 20.7 Å². The molecule has 0 spiro atoms. The van der Waals surface area contributed by atoms with Crippen molar-refractivity contribution in [1.29, 1.82) is 0 Å². The maximum absolute atomic E-state index is 12.5. The molecule has 0 saturated carbocycles. The molecule has 1 amide bonds. The third-order valence-electron chi connectivity index (χ3n) is 4.32. The Morgan fingerprint density at radius 1 is 0.929 bits per heavy atom. The van der Waals surface area contributed by atoms with Gasteiger partial charge in [-0.05, 0) is 35.0 Å². The summed E-state index contributed by atoms with van der Waals surface area (Å²) in [6, 6.07) is 20.7. The highest BCUT2D eigenvalue weighted by atomic mass is 32.1. The van der Waals surface area contributed by atoms with E-state index in [4.69, 9.17) is 4.74 Å². The van der Waals surface area contributed by atoms with Crippen LogP contribution >= 0.6 is 11.3 Å². The van der Waals surface area contributed by atoms with Gasteiger partial charge < -0.3 is 4.74 Å². The lowest BCUT2D eigenvalue weighted by atomic mass is 10.1. The van der Waals surface area contributed by atoms with Crippen LogP contribution in [0.2, 0.25) is 0 Å². The van der Waals surface area contributed by atoms with Gasteiger partial charge in [-0.1, -0.05) is 42.5 Å². The summed E-state index contributed by atoms with van der Waals surface area (Å²) >= 11 is 1.35. The Morgan fingerprint density at radius 2 is 1.71 bits per heavy atom. The van der Waals surface area contributed by atoms with Crippen molar-refractivity contribution in [2.24, 2.45) is 0 Å². The molecule has 0 aliphatic rings. The summed E-state index contributed by atoms with van der Waals surface area (Å²) in [4.78, 5) is 28.7. The molecule has 0 unspecified atom stereocenters. The van der Waals surface area contributed by atoms with Gasteiger partial charge in [-0.15, -0.1) is 11.3 Å². The Kier molecular flexibility index (Phi) is 4.87. The Balaban J connectivity index is 1.54. The van der Waals surface area contributed by atoms with Gasteiger partial charge in [0, 0.05) is 16.5 Å². The predicted octanol–water partition coefficient (Wildman–Crippen LogP) is 5.00. The molecule has 4 aromatic rings. The van der Waals surface area contributed by atoms with Crippen molar-refractivity contribution in [2.75, 3.05) is 12.4 Å². The molecule has 3 aromatic carbocycles. The Morgan fingerprint density at radius 3 is 2.54 bits per heavy atom. The second-order valence-electron chi connectivity index (χ2n) is 6.13. The van der Waals surface area contributed by atoms with Crippen molar-refractivity contribution in [2.45, 2.75) is 0 Å². The van der Waals surface area contributed by atoms with Gasteiger partial charge in [0.15, 0.2) is 5.13 Å². The average molecular weight is 388 g/mol. The SMILES string of the molecule is COC(=O)c1cccc(C(=O)Nc2nc(-c3ccc4ccccc4c3)cs2)c1. The van der Waals surface area contributed by atoms with Crippen LogP contribution in [0.15, 0.2) is 72.1 Å². The van der Waals surface area contributed by atoms with Crippen LogP contribution in [-0.4, -0.2) is 24.0 Å². The summed E-state index contributed by atoms with van der Waals surface area (Å²) in [5, 5.41) is 7.49. The molecule has 0 aliphatic heterocycles. The molecule has 0 atom stereocenters. The largest absolute Gasteiger partial charge is 0.465 e. The van der Waals surface area contributed by atoms with Crippen LogP contribution in [0.5, 0.6) is 0 Å². The van der Waals surface area contributed by atoms with E-state index < -0.39 is 5.97 Å². The van der Waals surface area contributed by atoms with Crippen molar-refractivity contribution in [3.8, 4) is 11.3 Å². The number of nitrogens with zero attached hydrogens (tertiary/aromatic N) is 1. The van der Waals surface area contributed by atoms with Crippen molar-refractivity contribution in [1.82, 2.24) is 4.98 Å². The molecule has 28 heavy (non-hydrogen) atoms. The number of amides is 1. The number of rotatable bonds is 4. The summed E-state index contributed by atoms with van der Waals surface area (Å²) in [7, 11) is 1.30. The number of thiazole rings is 1. The highest BCUT2D eigenvalue weighted by Gasteiger charge is 2.13. The normalized spacial score (nSPS) is 10.6. The molecule has 4 rings (SSSR count). The van der Waals surface area contributed by atoms with Crippen molar-refractivity contribution >= 4 is 39.1 Å². The molecule has 138 valence electrons. The fourth-order valence-corrected chi connectivity index (χ4v) is 3.60. The second-order valence-corrected chi connectivity index (χ2v) is 6.98. The van der Waals surface area contributed by atoms with Gasteiger partial charge in [0.1, 0.15) is 0 Å². The van der Waals surface area contributed by atoms with Gasteiger partial charge in [0.25, 0.3) is 5.91 Å². The molecule has 0 radical (unpaired) electrons. The number of benzene rings is 3. The molecule has 0 bridgehead atoms. The van der Waals surface area contributed by atoms with E-state index in [1.807, 2.05) is 23.6 Å². The lowest BCUT2D eigenvalue weighted by molar-refractivity contribution is 0.0600. The molecule has 1 N–H and O–H groups in total. The topological polar surface area (TPSA) is 68.3 Å². The first kappa shape index (κ1) is 17.9. The third kappa shape index (κ3) is 3.63. The number of aromatic nitrogens is 1. The van der Waals surface area contributed by atoms with Gasteiger partial charge in [0.2, 0.25) is 0 Å². The molecule has 1 aromatic heterocycles. The third-order valence-corrected chi connectivity index (χ3v) is 5.07. The van der Waals surface area contributed by atoms with E-state index >= 15 is 0 Å². The summed E-state index contributed by atoms with van der Waals surface area (Å²) < 4.78 is 4.69. The number of hydrogen-bond donors (Lipinski definition) is 1. The van der Waals surface area contributed by atoms with Gasteiger partial charge in [0.05, 0.1) is 18.4 Å². The molecule has 5 nitrogen and oxygen atoms in total. The van der Waals surface area contributed by atoms with E-state index in [9.17, 15) is 9.59 Å². The lowest BCUT2D eigenvalue weighted by Gasteiger charge is -2.04. The van der Waals surface area contributed by atoms with Crippen LogP contribution in [0.4, 0.5) is 5.13 Å². The molecular formula is C22H16N2O3S. The zero-order valence-electron chi connectivity index (χ0n) is 15.0. The minimum atomic E-state index is -0.484. The highest BCUT2D eigenvalue weighted by Crippen LogP contribution is 2.28. The summed E-state index contributed by atoms with van der Waals surface area (Å²) in [6.07, 6.45) is 0. The minimum absolute atomic E-state index is 0.325. The zero-order valence-corrected chi connectivity index (χ0v) is 15.8. The van der Waals surface area contributed by atoms with Crippen molar-refractivity contribution in [3.63, 3.8) is 0 Å².